The molecule has 12 heteroatoms. The number of nitrogens with zero attached hydrogens (tertiary/aromatic N) is 8. The lowest BCUT2D eigenvalue weighted by molar-refractivity contribution is 0.609. The van der Waals surface area contributed by atoms with Crippen LogP contribution in [0.5, 0.6) is 0 Å². The van der Waals surface area contributed by atoms with Crippen molar-refractivity contribution in [1.29, 1.82) is 0 Å². The molecule has 46 heavy (non-hydrogen) atoms. The fraction of sp³-hybridized carbons (Fsp3) is 0.235. The molecule has 2 N–H and O–H groups in total. The Morgan fingerprint density at radius 2 is 1.28 bits per heavy atom. The Morgan fingerprint density at radius 3 is 2.04 bits per heavy atom. The highest BCUT2D eigenvalue weighted by molar-refractivity contribution is 7.23. The molecule has 0 radical (unpaired) electrons. The van der Waals surface area contributed by atoms with Crippen LogP contribution in [-0.2, 0) is 6.42 Å². The zero-order chi connectivity index (χ0) is 31.1. The topological polar surface area (TPSA) is 135 Å². The summed E-state index contributed by atoms with van der Waals surface area (Å²) in [5, 5.41) is 24.9. The Morgan fingerprint density at radius 1 is 0.609 bits per heavy atom. The lowest BCUT2D eigenvalue weighted by Crippen LogP contribution is -1.96. The van der Waals surface area contributed by atoms with Gasteiger partial charge in [0.2, 0.25) is 0 Å². The van der Waals surface area contributed by atoms with Crippen molar-refractivity contribution in [2.24, 2.45) is 0 Å². The zero-order valence-electron chi connectivity index (χ0n) is 25.3. The van der Waals surface area contributed by atoms with Gasteiger partial charge < -0.3 is 0 Å². The molecule has 0 aliphatic carbocycles. The molecular formula is C34H32N10S2. The normalized spacial score (nSPS) is 11.3. The van der Waals surface area contributed by atoms with Crippen LogP contribution in [0.3, 0.4) is 0 Å². The smallest absolute Gasteiger partial charge is 0.198 e. The molecule has 7 aromatic heterocycles. The number of aromatic nitrogens is 10. The van der Waals surface area contributed by atoms with Crippen molar-refractivity contribution >= 4 is 22.7 Å². The molecule has 0 spiro atoms. The summed E-state index contributed by atoms with van der Waals surface area (Å²) in [7, 11) is 0. The molecular weight excluding hydrogens is 613 g/mol. The average molecular weight is 645 g/mol. The number of nitrogens with one attached hydrogen (secondary N) is 2. The van der Waals surface area contributed by atoms with Crippen LogP contribution in [-0.4, -0.2) is 51.0 Å². The molecule has 0 unspecified atom stereocenters. The quantitative estimate of drug-likeness (QED) is 0.119. The van der Waals surface area contributed by atoms with Gasteiger partial charge in [0.1, 0.15) is 11.4 Å². The first-order valence-electron chi connectivity index (χ1n) is 15.5. The maximum atomic E-state index is 5.04. The molecule has 0 bridgehead atoms. The van der Waals surface area contributed by atoms with Gasteiger partial charge in [-0.25, -0.2) is 20.1 Å². The summed E-state index contributed by atoms with van der Waals surface area (Å²) in [5.41, 5.74) is 6.07. The van der Waals surface area contributed by atoms with E-state index in [4.69, 9.17) is 15.0 Å². The summed E-state index contributed by atoms with van der Waals surface area (Å²) in [5.74, 6) is 0.496. The Balaban J connectivity index is 1.21. The van der Waals surface area contributed by atoms with Crippen molar-refractivity contribution in [2.45, 2.75) is 51.9 Å². The van der Waals surface area contributed by atoms with Gasteiger partial charge in [0.25, 0.3) is 0 Å². The number of aromatic amines is 2. The van der Waals surface area contributed by atoms with Crippen LogP contribution in [0, 0.1) is 0 Å². The van der Waals surface area contributed by atoms with Gasteiger partial charge in [-0.1, -0.05) is 56.4 Å². The van der Waals surface area contributed by atoms with Crippen LogP contribution in [0.25, 0.3) is 65.9 Å². The molecule has 0 saturated carbocycles. The number of H-pyrrole nitrogens is 2. The molecule has 0 amide bonds. The van der Waals surface area contributed by atoms with Crippen LogP contribution >= 0.6 is 22.7 Å². The van der Waals surface area contributed by atoms with Crippen molar-refractivity contribution in [2.75, 3.05) is 0 Å². The van der Waals surface area contributed by atoms with E-state index in [2.05, 4.69) is 79.4 Å². The molecule has 0 atom stereocenters. The third-order valence-electron chi connectivity index (χ3n) is 7.70. The van der Waals surface area contributed by atoms with Crippen molar-refractivity contribution in [1.82, 2.24) is 51.0 Å². The minimum atomic E-state index is 0.496. The molecule has 0 fully saturated rings. The summed E-state index contributed by atoms with van der Waals surface area (Å²) in [6.07, 6.45) is 10.7. The molecule has 7 heterocycles. The Hall–Kier alpha value is -4.94. The van der Waals surface area contributed by atoms with E-state index >= 15 is 0 Å². The number of unbranched alkanes of at least 4 members (excludes halogenated alkanes) is 5. The maximum absolute atomic E-state index is 5.04. The highest BCUT2D eigenvalue weighted by atomic mass is 32.1. The first kappa shape index (κ1) is 29.8. The maximum Gasteiger partial charge on any atom is 0.198 e. The highest BCUT2D eigenvalue weighted by Gasteiger charge is 2.15. The van der Waals surface area contributed by atoms with E-state index in [1.165, 1.54) is 53.2 Å². The summed E-state index contributed by atoms with van der Waals surface area (Å²) >= 11 is 3.70. The van der Waals surface area contributed by atoms with E-state index in [1.54, 1.807) is 17.5 Å². The number of thiophene rings is 2. The summed E-state index contributed by atoms with van der Waals surface area (Å²) < 4.78 is 0. The second-order valence-electron chi connectivity index (χ2n) is 11.0. The molecule has 0 aliphatic rings. The van der Waals surface area contributed by atoms with Gasteiger partial charge in [-0.3, -0.25) is 5.10 Å². The largest absolute Gasteiger partial charge is 0.256 e. The van der Waals surface area contributed by atoms with Crippen LogP contribution < -0.4 is 0 Å². The number of tetrazole rings is 1. The lowest BCUT2D eigenvalue weighted by Gasteiger charge is -2.09. The van der Waals surface area contributed by atoms with Crippen LogP contribution in [0.4, 0.5) is 0 Å². The first-order valence-corrected chi connectivity index (χ1v) is 17.1. The SMILES string of the molecule is CCCCCCCCc1ccc(-c2ccc(-c3cc(-c4cccc(-c5cnn[nH]5)n4)nc(-c4cccc(-c5nnn[nH]5)n4)c3)s2)s1. The van der Waals surface area contributed by atoms with E-state index in [-0.39, 0.29) is 0 Å². The Labute approximate surface area is 274 Å². The third kappa shape index (κ3) is 6.82. The summed E-state index contributed by atoms with van der Waals surface area (Å²) in [6.45, 7) is 2.27. The number of rotatable bonds is 13. The summed E-state index contributed by atoms with van der Waals surface area (Å²) in [4.78, 5) is 20.0. The van der Waals surface area contributed by atoms with Gasteiger partial charge in [0.15, 0.2) is 5.82 Å². The predicted octanol–water partition coefficient (Wildman–Crippen LogP) is 8.53. The monoisotopic (exact) mass is 644 g/mol. The minimum Gasteiger partial charge on any atom is -0.256 e. The molecule has 0 aliphatic heterocycles. The zero-order valence-corrected chi connectivity index (χ0v) is 27.0. The Bertz CT molecular complexity index is 1920. The fourth-order valence-corrected chi connectivity index (χ4v) is 7.44. The molecule has 230 valence electrons. The van der Waals surface area contributed by atoms with Crippen molar-refractivity contribution in [3.8, 4) is 65.9 Å². The van der Waals surface area contributed by atoms with E-state index in [0.29, 0.717) is 17.2 Å². The number of hydrogen-bond acceptors (Lipinski definition) is 10. The standard InChI is InChI=1S/C34H32N10S2/c1-2-3-4-5-6-7-10-23-15-16-32(45-23)33-18-17-31(46-33)22-19-28(24-11-8-13-26(36-24)30-21-35-42-39-30)38-29(20-22)25-12-9-14-27(37-25)34-40-43-44-41-34/h8-9,11-21H,2-7,10H2,1H3,(H,35,39,42)(H,40,41,43,44). The van der Waals surface area contributed by atoms with Crippen molar-refractivity contribution < 1.29 is 0 Å². The lowest BCUT2D eigenvalue weighted by atomic mass is 10.1. The van der Waals surface area contributed by atoms with E-state index in [0.717, 1.165) is 45.3 Å². The predicted molar refractivity (Wildman–Crippen MR) is 183 cm³/mol. The molecule has 0 aromatic carbocycles. The van der Waals surface area contributed by atoms with E-state index in [9.17, 15) is 0 Å². The van der Waals surface area contributed by atoms with Gasteiger partial charge in [-0.05, 0) is 89.5 Å². The molecule has 7 rings (SSSR count). The first-order chi connectivity index (χ1) is 22.7. The average Bonchev–Trinajstić information content (AvgIpc) is 3.94. The number of aryl methyl sites for hydroxylation is 1. The van der Waals surface area contributed by atoms with Crippen molar-refractivity contribution in [3.63, 3.8) is 0 Å². The van der Waals surface area contributed by atoms with Gasteiger partial charge in [-0.15, -0.1) is 32.9 Å². The van der Waals surface area contributed by atoms with Crippen LogP contribution in [0.15, 0.2) is 79.0 Å². The van der Waals surface area contributed by atoms with Crippen LogP contribution in [0.2, 0.25) is 0 Å². The second kappa shape index (κ2) is 14.0. The van der Waals surface area contributed by atoms with E-state index in [1.807, 2.05) is 47.7 Å². The number of pyridine rings is 3. The highest BCUT2D eigenvalue weighted by Crippen LogP contribution is 2.40. The van der Waals surface area contributed by atoms with Gasteiger partial charge in [0, 0.05) is 19.5 Å². The van der Waals surface area contributed by atoms with E-state index < -0.39 is 0 Å². The summed E-state index contributed by atoms with van der Waals surface area (Å²) in [6, 6.07) is 24.8. The fourth-order valence-electron chi connectivity index (χ4n) is 5.31. The minimum absolute atomic E-state index is 0.496. The van der Waals surface area contributed by atoms with Gasteiger partial charge in [0.05, 0.1) is 34.7 Å². The Kier molecular flexibility index (Phi) is 9.06. The number of hydrogen-bond donors (Lipinski definition) is 2. The second-order valence-corrected chi connectivity index (χ2v) is 13.3. The van der Waals surface area contributed by atoms with Gasteiger partial charge >= 0.3 is 0 Å². The molecule has 7 aromatic rings. The van der Waals surface area contributed by atoms with Crippen LogP contribution in [0.1, 0.15) is 50.3 Å². The molecule has 0 saturated heterocycles. The van der Waals surface area contributed by atoms with Gasteiger partial charge in [-0.2, -0.15) is 0 Å². The van der Waals surface area contributed by atoms with Crippen molar-refractivity contribution in [3.05, 3.63) is 83.9 Å². The molecule has 10 nitrogen and oxygen atoms in total. The third-order valence-corrected chi connectivity index (χ3v) is 10.2.